The maximum absolute atomic E-state index is 11.9. The van der Waals surface area contributed by atoms with Gasteiger partial charge in [-0.1, -0.05) is 12.1 Å². The first-order valence-corrected chi connectivity index (χ1v) is 6.01. The van der Waals surface area contributed by atoms with Crippen LogP contribution in [0.5, 0.6) is 0 Å². The zero-order chi connectivity index (χ0) is 14.7. The van der Waals surface area contributed by atoms with Crippen LogP contribution in [0.25, 0.3) is 0 Å². The van der Waals surface area contributed by atoms with E-state index in [1.807, 2.05) is 0 Å². The number of rotatable bonds is 3. The minimum absolute atomic E-state index is 0. The number of hydrogen-bond donors (Lipinski definition) is 3. The molecule has 21 heavy (non-hydrogen) atoms. The summed E-state index contributed by atoms with van der Waals surface area (Å²) in [7, 11) is 0. The molecule has 0 saturated heterocycles. The van der Waals surface area contributed by atoms with Gasteiger partial charge in [0.2, 0.25) is 5.96 Å². The molecule has 0 fully saturated rings. The first kappa shape index (κ1) is 16.6. The van der Waals surface area contributed by atoms with Crippen molar-refractivity contribution >= 4 is 36.1 Å². The summed E-state index contributed by atoms with van der Waals surface area (Å²) in [4.78, 5) is 23.8. The smallest absolute Gasteiger partial charge is 0.206 e. The number of benzene rings is 1. The van der Waals surface area contributed by atoms with E-state index in [0.29, 0.717) is 23.1 Å². The molecule has 0 saturated carbocycles. The van der Waals surface area contributed by atoms with E-state index in [0.717, 1.165) is 5.56 Å². The molecule has 1 aromatic rings. The number of halogens is 1. The molecular formula is C14H15ClN4O2. The Balaban J connectivity index is 0.00000220. The van der Waals surface area contributed by atoms with Gasteiger partial charge >= 0.3 is 0 Å². The first-order valence-electron chi connectivity index (χ1n) is 6.01. The van der Waals surface area contributed by atoms with Crippen LogP contribution in [-0.4, -0.2) is 23.7 Å². The largest absolute Gasteiger partial charge is 0.369 e. The molecule has 0 heterocycles. The van der Waals surface area contributed by atoms with Crippen molar-refractivity contribution in [1.82, 2.24) is 5.43 Å². The molecule has 1 aliphatic carbocycles. The molecule has 0 atom stereocenters. The lowest BCUT2D eigenvalue weighted by molar-refractivity contribution is 0.0984. The molecule has 0 amide bonds. The predicted molar refractivity (Wildman–Crippen MR) is 83.4 cm³/mol. The van der Waals surface area contributed by atoms with Crippen LogP contribution >= 0.6 is 12.4 Å². The Bertz CT molecular complexity index is 665. The van der Waals surface area contributed by atoms with Crippen LogP contribution in [0.3, 0.4) is 0 Å². The number of fused-ring (bicyclic) bond motifs is 1. The third-order valence-corrected chi connectivity index (χ3v) is 2.90. The minimum Gasteiger partial charge on any atom is -0.369 e. The van der Waals surface area contributed by atoms with E-state index in [1.54, 1.807) is 31.3 Å². The second kappa shape index (κ2) is 6.81. The zero-order valence-electron chi connectivity index (χ0n) is 11.3. The second-order valence-corrected chi connectivity index (χ2v) is 4.44. The van der Waals surface area contributed by atoms with E-state index in [1.165, 1.54) is 6.08 Å². The Morgan fingerprint density at radius 2 is 2.10 bits per heavy atom. The minimum atomic E-state index is -0.243. The van der Waals surface area contributed by atoms with Crippen molar-refractivity contribution in [2.24, 2.45) is 10.8 Å². The van der Waals surface area contributed by atoms with Gasteiger partial charge in [0.1, 0.15) is 0 Å². The SMILES string of the molecule is CC1=CC(=O)c2cc(CC=NNC(=N)N)ccc2C1=O.Cl. The van der Waals surface area contributed by atoms with Gasteiger partial charge < -0.3 is 5.73 Å². The van der Waals surface area contributed by atoms with E-state index in [4.69, 9.17) is 11.1 Å². The quantitative estimate of drug-likeness (QED) is 0.446. The molecule has 1 aliphatic rings. The van der Waals surface area contributed by atoms with Crippen molar-refractivity contribution in [1.29, 1.82) is 5.41 Å². The van der Waals surface area contributed by atoms with Gasteiger partial charge in [0, 0.05) is 29.3 Å². The number of nitrogens with two attached hydrogens (primary N) is 1. The number of hydrazone groups is 1. The number of hydrogen-bond acceptors (Lipinski definition) is 4. The van der Waals surface area contributed by atoms with E-state index in [2.05, 4.69) is 10.5 Å². The maximum atomic E-state index is 11.9. The van der Waals surface area contributed by atoms with Crippen LogP contribution in [-0.2, 0) is 6.42 Å². The number of carbonyl (C=O) groups excluding carboxylic acids is 2. The first-order chi connectivity index (χ1) is 9.49. The summed E-state index contributed by atoms with van der Waals surface area (Å²) in [5, 5.41) is 10.7. The van der Waals surface area contributed by atoms with Crippen LogP contribution in [0, 0.1) is 5.41 Å². The average molecular weight is 307 g/mol. The fourth-order valence-electron chi connectivity index (χ4n) is 1.94. The van der Waals surface area contributed by atoms with Crippen molar-refractivity contribution in [3.05, 3.63) is 46.5 Å². The number of nitrogens with zero attached hydrogens (tertiary/aromatic N) is 1. The number of carbonyl (C=O) groups is 2. The highest BCUT2D eigenvalue weighted by molar-refractivity contribution is 6.24. The van der Waals surface area contributed by atoms with E-state index in [9.17, 15) is 9.59 Å². The fraction of sp³-hybridized carbons (Fsp3) is 0.143. The summed E-state index contributed by atoms with van der Waals surface area (Å²) in [6, 6.07) is 5.13. The standard InChI is InChI=1S/C14H14N4O2.ClH/c1-8-6-12(19)11-7-9(2-3-10(11)13(8)20)4-5-17-18-14(15)16;/h2-3,5-7H,4H2,1H3,(H4,15,16,18);1H. The van der Waals surface area contributed by atoms with Crippen LogP contribution in [0.2, 0.25) is 0 Å². The molecule has 7 heteroatoms. The van der Waals surface area contributed by atoms with E-state index in [-0.39, 0.29) is 29.9 Å². The molecule has 0 unspecified atom stereocenters. The highest BCUT2D eigenvalue weighted by atomic mass is 35.5. The Morgan fingerprint density at radius 1 is 1.38 bits per heavy atom. The lowest BCUT2D eigenvalue weighted by atomic mass is 9.89. The normalized spacial score (nSPS) is 13.5. The lowest BCUT2D eigenvalue weighted by Gasteiger charge is -2.13. The van der Waals surface area contributed by atoms with Crippen LogP contribution < -0.4 is 11.2 Å². The van der Waals surface area contributed by atoms with Crippen molar-refractivity contribution in [2.75, 3.05) is 0 Å². The molecule has 1 aromatic carbocycles. The summed E-state index contributed by atoms with van der Waals surface area (Å²) in [6.07, 6.45) is 3.37. The van der Waals surface area contributed by atoms with Crippen molar-refractivity contribution in [2.45, 2.75) is 13.3 Å². The van der Waals surface area contributed by atoms with Crippen molar-refractivity contribution in [3.8, 4) is 0 Å². The third kappa shape index (κ3) is 3.76. The van der Waals surface area contributed by atoms with Gasteiger partial charge in [-0.25, -0.2) is 5.43 Å². The highest BCUT2D eigenvalue weighted by Crippen LogP contribution is 2.22. The lowest BCUT2D eigenvalue weighted by Crippen LogP contribution is -2.25. The summed E-state index contributed by atoms with van der Waals surface area (Å²) in [5.74, 6) is -0.510. The number of nitrogens with one attached hydrogen (secondary N) is 2. The Hall–Kier alpha value is -2.47. The molecule has 0 radical (unpaired) electrons. The highest BCUT2D eigenvalue weighted by Gasteiger charge is 2.22. The molecule has 4 N–H and O–H groups in total. The topological polar surface area (TPSA) is 108 Å². The molecule has 0 spiro atoms. The fourth-order valence-corrected chi connectivity index (χ4v) is 1.94. The van der Waals surface area contributed by atoms with Crippen LogP contribution in [0.15, 0.2) is 34.9 Å². The zero-order valence-corrected chi connectivity index (χ0v) is 12.2. The summed E-state index contributed by atoms with van der Waals surface area (Å²) < 4.78 is 0. The van der Waals surface area contributed by atoms with Gasteiger partial charge in [0.25, 0.3) is 0 Å². The molecule has 110 valence electrons. The third-order valence-electron chi connectivity index (χ3n) is 2.90. The monoisotopic (exact) mass is 306 g/mol. The van der Waals surface area contributed by atoms with Crippen molar-refractivity contribution < 1.29 is 9.59 Å². The molecule has 0 aliphatic heterocycles. The molecular weight excluding hydrogens is 292 g/mol. The molecule has 6 nitrogen and oxygen atoms in total. The van der Waals surface area contributed by atoms with Crippen molar-refractivity contribution in [3.63, 3.8) is 0 Å². The van der Waals surface area contributed by atoms with Crippen LogP contribution in [0.1, 0.15) is 33.2 Å². The number of ketones is 2. The Labute approximate surface area is 128 Å². The van der Waals surface area contributed by atoms with E-state index >= 15 is 0 Å². The van der Waals surface area contributed by atoms with E-state index < -0.39 is 0 Å². The van der Waals surface area contributed by atoms with Gasteiger partial charge in [-0.3, -0.25) is 15.0 Å². The van der Waals surface area contributed by atoms with Gasteiger partial charge in [-0.2, -0.15) is 5.10 Å². The van der Waals surface area contributed by atoms with Crippen LogP contribution in [0.4, 0.5) is 0 Å². The summed E-state index contributed by atoms with van der Waals surface area (Å²) in [5.41, 5.74) is 9.56. The Morgan fingerprint density at radius 3 is 2.76 bits per heavy atom. The molecule has 0 aromatic heterocycles. The van der Waals surface area contributed by atoms with Gasteiger partial charge in [-0.05, 0) is 24.6 Å². The molecule has 2 rings (SSSR count). The molecule has 0 bridgehead atoms. The average Bonchev–Trinajstić information content (AvgIpc) is 2.41. The predicted octanol–water partition coefficient (Wildman–Crippen LogP) is 1.45. The van der Waals surface area contributed by atoms with Gasteiger partial charge in [0.05, 0.1) is 0 Å². The number of allylic oxidation sites excluding steroid dienone is 2. The Kier molecular flexibility index (Phi) is 5.37. The van der Waals surface area contributed by atoms with Gasteiger partial charge in [-0.15, -0.1) is 12.4 Å². The summed E-state index contributed by atoms with van der Waals surface area (Å²) in [6.45, 7) is 1.64. The number of Topliss-reactive ketones (excluding diaryl/α,β-unsaturated/α-hetero) is 1. The van der Waals surface area contributed by atoms with Gasteiger partial charge in [0.15, 0.2) is 11.6 Å². The number of guanidine groups is 1. The second-order valence-electron chi connectivity index (χ2n) is 4.44. The maximum Gasteiger partial charge on any atom is 0.206 e. The summed E-state index contributed by atoms with van der Waals surface area (Å²) >= 11 is 0.